The van der Waals surface area contributed by atoms with Gasteiger partial charge < -0.3 is 15.2 Å². The van der Waals surface area contributed by atoms with Crippen LogP contribution in [0, 0.1) is 6.92 Å². The predicted octanol–water partition coefficient (Wildman–Crippen LogP) is 1.23. The second-order valence-corrected chi connectivity index (χ2v) is 5.11. The smallest absolute Gasteiger partial charge is 0.326 e. The lowest BCUT2D eigenvalue weighted by atomic mass is 10.2. The molecular formula is C12H18N2O4S. The van der Waals surface area contributed by atoms with Gasteiger partial charge in [0.2, 0.25) is 0 Å². The molecule has 1 aromatic heterocycles. The number of hydrogen-bond acceptors (Lipinski definition) is 5. The third-order valence-electron chi connectivity index (χ3n) is 2.56. The molecule has 106 valence electrons. The zero-order valence-electron chi connectivity index (χ0n) is 11.2. The number of aromatic nitrogens is 1. The molecule has 1 unspecified atom stereocenters. The Bertz CT molecular complexity index is 459. The number of carboxylic acid groups (broad SMARTS) is 1. The fourth-order valence-corrected chi connectivity index (χ4v) is 2.44. The molecule has 0 aromatic carbocycles. The summed E-state index contributed by atoms with van der Waals surface area (Å²) in [5, 5.41) is 12.4. The van der Waals surface area contributed by atoms with Gasteiger partial charge in [-0.15, -0.1) is 11.3 Å². The minimum absolute atomic E-state index is 0.232. The van der Waals surface area contributed by atoms with Gasteiger partial charge in [-0.25, -0.2) is 9.78 Å². The molecule has 0 aliphatic rings. The first-order chi connectivity index (χ1) is 8.99. The van der Waals surface area contributed by atoms with E-state index < -0.39 is 17.9 Å². The molecule has 19 heavy (non-hydrogen) atoms. The van der Waals surface area contributed by atoms with Crippen LogP contribution in [0.4, 0.5) is 0 Å². The van der Waals surface area contributed by atoms with Crippen LogP contribution in [0.5, 0.6) is 0 Å². The summed E-state index contributed by atoms with van der Waals surface area (Å²) in [5.41, 5.74) is 0.634. The van der Waals surface area contributed by atoms with E-state index >= 15 is 0 Å². The summed E-state index contributed by atoms with van der Waals surface area (Å²) in [4.78, 5) is 27.8. The Morgan fingerprint density at radius 2 is 2.21 bits per heavy atom. The highest BCUT2D eigenvalue weighted by atomic mass is 32.1. The molecule has 1 aromatic rings. The van der Waals surface area contributed by atoms with E-state index in [0.29, 0.717) is 10.6 Å². The summed E-state index contributed by atoms with van der Waals surface area (Å²) in [6.45, 7) is 3.98. The minimum Gasteiger partial charge on any atom is -0.480 e. The van der Waals surface area contributed by atoms with Gasteiger partial charge in [0.25, 0.3) is 5.91 Å². The molecule has 0 saturated carbocycles. The van der Waals surface area contributed by atoms with Crippen molar-refractivity contribution in [2.45, 2.75) is 32.7 Å². The lowest BCUT2D eigenvalue weighted by Crippen LogP contribution is -2.41. The standard InChI is InChI=1S/C12H18N2O4S/c1-4-9-13-7(2)10(19-9)11(15)14-8(12(16)17)5-6-18-3/h8H,4-6H2,1-3H3,(H,14,15)(H,16,17). The van der Waals surface area contributed by atoms with Crippen molar-refractivity contribution >= 4 is 23.2 Å². The number of carbonyl (C=O) groups is 2. The molecule has 0 radical (unpaired) electrons. The highest BCUT2D eigenvalue weighted by Gasteiger charge is 2.22. The highest BCUT2D eigenvalue weighted by Crippen LogP contribution is 2.18. The van der Waals surface area contributed by atoms with Gasteiger partial charge >= 0.3 is 5.97 Å². The Hall–Kier alpha value is -1.47. The van der Waals surface area contributed by atoms with Crippen molar-refractivity contribution in [2.75, 3.05) is 13.7 Å². The van der Waals surface area contributed by atoms with Crippen molar-refractivity contribution < 1.29 is 19.4 Å². The SMILES string of the molecule is CCc1nc(C)c(C(=O)NC(CCOC)C(=O)O)s1. The van der Waals surface area contributed by atoms with Crippen LogP contribution in [-0.4, -0.2) is 41.7 Å². The van der Waals surface area contributed by atoms with E-state index in [1.54, 1.807) is 6.92 Å². The molecule has 0 spiro atoms. The third kappa shape index (κ3) is 4.29. The number of hydrogen-bond donors (Lipinski definition) is 2. The highest BCUT2D eigenvalue weighted by molar-refractivity contribution is 7.13. The second-order valence-electron chi connectivity index (χ2n) is 4.02. The summed E-state index contributed by atoms with van der Waals surface area (Å²) in [5.74, 6) is -1.46. The summed E-state index contributed by atoms with van der Waals surface area (Å²) < 4.78 is 4.83. The van der Waals surface area contributed by atoms with E-state index in [1.807, 2.05) is 6.92 Å². The van der Waals surface area contributed by atoms with E-state index in [4.69, 9.17) is 9.84 Å². The number of methoxy groups -OCH3 is 1. The predicted molar refractivity (Wildman–Crippen MR) is 71.6 cm³/mol. The molecule has 7 heteroatoms. The maximum Gasteiger partial charge on any atom is 0.326 e. The van der Waals surface area contributed by atoms with Gasteiger partial charge in [-0.3, -0.25) is 4.79 Å². The Kier molecular flexibility index (Phi) is 5.91. The summed E-state index contributed by atoms with van der Waals surface area (Å²) in [6.07, 6.45) is 0.987. The number of thiazole rings is 1. The minimum atomic E-state index is -1.07. The van der Waals surface area contributed by atoms with E-state index in [2.05, 4.69) is 10.3 Å². The number of aryl methyl sites for hydroxylation is 2. The Morgan fingerprint density at radius 3 is 2.68 bits per heavy atom. The number of nitrogens with zero attached hydrogens (tertiary/aromatic N) is 1. The Labute approximate surface area is 115 Å². The number of aliphatic carboxylic acids is 1. The van der Waals surface area contributed by atoms with Crippen LogP contribution in [0.25, 0.3) is 0 Å². The molecule has 0 aliphatic carbocycles. The summed E-state index contributed by atoms with van der Waals surface area (Å²) >= 11 is 1.30. The zero-order valence-corrected chi connectivity index (χ0v) is 12.0. The summed E-state index contributed by atoms with van der Waals surface area (Å²) in [6, 6.07) is -0.945. The lowest BCUT2D eigenvalue weighted by Gasteiger charge is -2.13. The molecule has 1 amide bonds. The number of carbonyl (C=O) groups excluding carboxylic acids is 1. The van der Waals surface area contributed by atoms with E-state index in [9.17, 15) is 9.59 Å². The molecular weight excluding hydrogens is 268 g/mol. The number of ether oxygens (including phenoxy) is 1. The van der Waals surface area contributed by atoms with Crippen LogP contribution < -0.4 is 5.32 Å². The first-order valence-corrected chi connectivity index (χ1v) is 6.80. The third-order valence-corrected chi connectivity index (χ3v) is 3.86. The molecule has 0 aliphatic heterocycles. The van der Waals surface area contributed by atoms with Gasteiger partial charge in [0.15, 0.2) is 0 Å². The zero-order chi connectivity index (χ0) is 14.4. The van der Waals surface area contributed by atoms with Crippen LogP contribution in [0.15, 0.2) is 0 Å². The van der Waals surface area contributed by atoms with Crippen LogP contribution in [0.1, 0.15) is 33.7 Å². The lowest BCUT2D eigenvalue weighted by molar-refractivity contribution is -0.139. The van der Waals surface area contributed by atoms with Gasteiger partial charge in [0.05, 0.1) is 10.7 Å². The van der Waals surface area contributed by atoms with Gasteiger partial charge in [-0.05, 0) is 13.3 Å². The van der Waals surface area contributed by atoms with Gasteiger partial charge in [0, 0.05) is 20.1 Å². The van der Waals surface area contributed by atoms with Gasteiger partial charge in [-0.1, -0.05) is 6.92 Å². The van der Waals surface area contributed by atoms with Gasteiger partial charge in [0.1, 0.15) is 10.9 Å². The van der Waals surface area contributed by atoms with E-state index in [1.165, 1.54) is 18.4 Å². The number of nitrogens with one attached hydrogen (secondary N) is 1. The van der Waals surface area contributed by atoms with E-state index in [0.717, 1.165) is 11.4 Å². The first-order valence-electron chi connectivity index (χ1n) is 5.98. The first kappa shape index (κ1) is 15.6. The molecule has 0 saturated heterocycles. The van der Waals surface area contributed by atoms with Crippen molar-refractivity contribution in [1.29, 1.82) is 0 Å². The van der Waals surface area contributed by atoms with Gasteiger partial charge in [-0.2, -0.15) is 0 Å². The fraction of sp³-hybridized carbons (Fsp3) is 0.583. The Morgan fingerprint density at radius 1 is 1.53 bits per heavy atom. The normalized spacial score (nSPS) is 12.2. The molecule has 1 heterocycles. The molecule has 0 bridgehead atoms. The second kappa shape index (κ2) is 7.20. The Balaban J connectivity index is 2.75. The summed E-state index contributed by atoms with van der Waals surface area (Å²) in [7, 11) is 1.49. The monoisotopic (exact) mass is 286 g/mol. The average Bonchev–Trinajstić information content (AvgIpc) is 2.75. The molecule has 2 N–H and O–H groups in total. The van der Waals surface area contributed by atoms with Crippen LogP contribution >= 0.6 is 11.3 Å². The quantitative estimate of drug-likeness (QED) is 0.787. The van der Waals surface area contributed by atoms with Crippen molar-refractivity contribution in [3.8, 4) is 0 Å². The van der Waals surface area contributed by atoms with E-state index in [-0.39, 0.29) is 13.0 Å². The molecule has 0 fully saturated rings. The number of amides is 1. The molecule has 1 atom stereocenters. The van der Waals surface area contributed by atoms with Crippen molar-refractivity contribution in [1.82, 2.24) is 10.3 Å². The largest absolute Gasteiger partial charge is 0.480 e. The van der Waals surface area contributed by atoms with Crippen LogP contribution in [0.2, 0.25) is 0 Å². The number of carboxylic acids is 1. The maximum atomic E-state index is 12.0. The fourth-order valence-electron chi connectivity index (χ4n) is 1.53. The maximum absolute atomic E-state index is 12.0. The van der Waals surface area contributed by atoms with Crippen LogP contribution in [0.3, 0.4) is 0 Å². The topological polar surface area (TPSA) is 88.5 Å². The molecule has 1 rings (SSSR count). The number of rotatable bonds is 7. The van der Waals surface area contributed by atoms with Crippen molar-refractivity contribution in [3.05, 3.63) is 15.6 Å². The molecule has 6 nitrogen and oxygen atoms in total. The van der Waals surface area contributed by atoms with Crippen LogP contribution in [-0.2, 0) is 16.0 Å². The van der Waals surface area contributed by atoms with Crippen molar-refractivity contribution in [3.63, 3.8) is 0 Å². The van der Waals surface area contributed by atoms with Crippen molar-refractivity contribution in [2.24, 2.45) is 0 Å². The average molecular weight is 286 g/mol.